The van der Waals surface area contributed by atoms with Gasteiger partial charge in [-0.05, 0) is 46.3 Å². The minimum Gasteiger partial charge on any atom is -0.543 e. The maximum absolute atomic E-state index is 12.8. The topological polar surface area (TPSA) is 35.5 Å². The number of benzene rings is 2. The van der Waals surface area contributed by atoms with Crippen LogP contribution in [-0.4, -0.2) is 14.3 Å². The van der Waals surface area contributed by atoms with Crippen molar-refractivity contribution in [1.29, 1.82) is 0 Å². The van der Waals surface area contributed by atoms with Crippen molar-refractivity contribution in [2.75, 3.05) is 0 Å². The lowest BCUT2D eigenvalue weighted by Crippen LogP contribution is -2.50. The summed E-state index contributed by atoms with van der Waals surface area (Å²) in [4.78, 5) is 12.8. The Morgan fingerprint density at radius 2 is 1.39 bits per heavy atom. The van der Waals surface area contributed by atoms with Gasteiger partial charge in [0.25, 0.3) is 8.32 Å². The fourth-order valence-electron chi connectivity index (χ4n) is 4.86. The van der Waals surface area contributed by atoms with E-state index in [1.807, 2.05) is 54.6 Å². The van der Waals surface area contributed by atoms with Gasteiger partial charge in [-0.25, -0.2) is 0 Å². The van der Waals surface area contributed by atoms with Gasteiger partial charge < -0.3 is 9.16 Å². The molecule has 0 heterocycles. The molecule has 170 valence electrons. The van der Waals surface area contributed by atoms with Crippen LogP contribution >= 0.6 is 0 Å². The van der Waals surface area contributed by atoms with Gasteiger partial charge in [0.05, 0.1) is 5.92 Å². The fourth-order valence-corrected chi connectivity index (χ4v) is 10.1. The minimum absolute atomic E-state index is 0.158. The molecule has 0 N–H and O–H groups in total. The second-order valence-corrected chi connectivity index (χ2v) is 14.8. The zero-order valence-corrected chi connectivity index (χ0v) is 21.4. The van der Waals surface area contributed by atoms with Gasteiger partial charge in [0.1, 0.15) is 12.4 Å². The molecule has 0 aliphatic rings. The summed E-state index contributed by atoms with van der Waals surface area (Å²) in [6.07, 6.45) is 1.70. The van der Waals surface area contributed by atoms with Crippen LogP contribution in [0.3, 0.4) is 0 Å². The standard InChI is InChI=1S/C27H40O3Si/c1-8-12-26(27(28)29-19-23-13-10-9-11-14-23)24-15-17-25(18-16-24)30-31(20(2)3,21(4)5)22(6)7/h9-11,13-18,20-22,26H,8,12,19H2,1-7H3. The largest absolute Gasteiger partial charge is 0.543 e. The van der Waals surface area contributed by atoms with E-state index < -0.39 is 8.32 Å². The van der Waals surface area contributed by atoms with E-state index in [0.29, 0.717) is 23.2 Å². The summed E-state index contributed by atoms with van der Waals surface area (Å²) in [6.45, 7) is 16.2. The van der Waals surface area contributed by atoms with E-state index in [4.69, 9.17) is 9.16 Å². The monoisotopic (exact) mass is 440 g/mol. The van der Waals surface area contributed by atoms with Crippen molar-refractivity contribution in [3.8, 4) is 5.75 Å². The number of ether oxygens (including phenoxy) is 1. The summed E-state index contributed by atoms with van der Waals surface area (Å²) in [5.41, 5.74) is 3.57. The highest BCUT2D eigenvalue weighted by molar-refractivity contribution is 6.78. The third kappa shape index (κ3) is 6.22. The molecule has 1 atom stereocenters. The van der Waals surface area contributed by atoms with E-state index in [1.165, 1.54) is 0 Å². The van der Waals surface area contributed by atoms with Gasteiger partial charge in [0.15, 0.2) is 0 Å². The Labute approximate surface area is 190 Å². The van der Waals surface area contributed by atoms with E-state index in [9.17, 15) is 4.79 Å². The van der Waals surface area contributed by atoms with Crippen LogP contribution in [0.15, 0.2) is 54.6 Å². The molecular formula is C27H40O3Si. The van der Waals surface area contributed by atoms with Crippen LogP contribution in [0.5, 0.6) is 5.75 Å². The van der Waals surface area contributed by atoms with Crippen molar-refractivity contribution in [2.45, 2.75) is 90.5 Å². The molecule has 0 aromatic heterocycles. The first-order chi connectivity index (χ1) is 14.7. The molecule has 2 rings (SSSR count). The van der Waals surface area contributed by atoms with Gasteiger partial charge in [0, 0.05) is 0 Å². The van der Waals surface area contributed by atoms with E-state index in [2.05, 4.69) is 48.5 Å². The number of carbonyl (C=O) groups is 1. The third-order valence-corrected chi connectivity index (χ3v) is 12.4. The number of carbonyl (C=O) groups excluding carboxylic acids is 1. The highest BCUT2D eigenvalue weighted by Gasteiger charge is 2.47. The molecule has 0 bridgehead atoms. The van der Waals surface area contributed by atoms with Gasteiger partial charge in [0.2, 0.25) is 0 Å². The fraction of sp³-hybridized carbons (Fsp3) is 0.519. The van der Waals surface area contributed by atoms with Gasteiger partial charge in [-0.2, -0.15) is 0 Å². The predicted octanol–water partition coefficient (Wildman–Crippen LogP) is 7.87. The quantitative estimate of drug-likeness (QED) is 0.263. The molecule has 0 spiro atoms. The van der Waals surface area contributed by atoms with Crippen molar-refractivity contribution in [3.63, 3.8) is 0 Å². The molecule has 31 heavy (non-hydrogen) atoms. The molecule has 2 aromatic carbocycles. The predicted molar refractivity (Wildman–Crippen MR) is 132 cm³/mol. The lowest BCUT2D eigenvalue weighted by Gasteiger charge is -2.42. The second-order valence-electron chi connectivity index (χ2n) is 9.42. The van der Waals surface area contributed by atoms with Crippen LogP contribution < -0.4 is 4.43 Å². The second kappa shape index (κ2) is 11.5. The zero-order chi connectivity index (χ0) is 23.0. The number of hydrogen-bond acceptors (Lipinski definition) is 3. The Morgan fingerprint density at radius 1 is 0.839 bits per heavy atom. The number of esters is 1. The Morgan fingerprint density at radius 3 is 1.87 bits per heavy atom. The normalized spacial score (nSPS) is 13.0. The molecule has 0 aliphatic heterocycles. The molecule has 0 aliphatic carbocycles. The summed E-state index contributed by atoms with van der Waals surface area (Å²) in [6, 6.07) is 18.0. The van der Waals surface area contributed by atoms with Gasteiger partial charge in [-0.15, -0.1) is 0 Å². The molecule has 0 saturated carbocycles. The van der Waals surface area contributed by atoms with Gasteiger partial charge >= 0.3 is 5.97 Å². The van der Waals surface area contributed by atoms with Crippen molar-refractivity contribution in [1.82, 2.24) is 0 Å². The number of rotatable bonds is 11. The van der Waals surface area contributed by atoms with E-state index in [-0.39, 0.29) is 11.9 Å². The smallest absolute Gasteiger partial charge is 0.313 e. The first-order valence-electron chi connectivity index (χ1n) is 11.7. The molecule has 3 nitrogen and oxygen atoms in total. The molecule has 2 aromatic rings. The first kappa shape index (κ1) is 25.2. The Bertz CT molecular complexity index is 775. The van der Waals surface area contributed by atoms with Crippen LogP contribution in [0.25, 0.3) is 0 Å². The molecule has 0 amide bonds. The Kier molecular flexibility index (Phi) is 9.36. The number of hydrogen-bond donors (Lipinski definition) is 0. The third-order valence-electron chi connectivity index (χ3n) is 6.37. The Balaban J connectivity index is 2.16. The van der Waals surface area contributed by atoms with Crippen LogP contribution in [0.2, 0.25) is 16.6 Å². The minimum atomic E-state index is -1.99. The van der Waals surface area contributed by atoms with Crippen LogP contribution in [-0.2, 0) is 16.1 Å². The van der Waals surface area contributed by atoms with Crippen molar-refractivity contribution in [2.24, 2.45) is 0 Å². The zero-order valence-electron chi connectivity index (χ0n) is 20.4. The summed E-state index contributed by atoms with van der Waals surface area (Å²) < 4.78 is 12.4. The molecule has 0 fully saturated rings. The lowest BCUT2D eigenvalue weighted by molar-refractivity contribution is -0.147. The molecule has 4 heteroatoms. The SMILES string of the molecule is CCCC(C(=O)OCc1ccccc1)c1ccc(O[Si](C(C)C)(C(C)C)C(C)C)cc1. The van der Waals surface area contributed by atoms with Gasteiger partial charge in [-0.3, -0.25) is 4.79 Å². The summed E-state index contributed by atoms with van der Waals surface area (Å²) in [5.74, 6) is 0.513. The van der Waals surface area contributed by atoms with E-state index >= 15 is 0 Å². The average Bonchev–Trinajstić information content (AvgIpc) is 2.74. The van der Waals surface area contributed by atoms with Gasteiger partial charge in [-0.1, -0.05) is 97.4 Å². The lowest BCUT2D eigenvalue weighted by atomic mass is 9.94. The van der Waals surface area contributed by atoms with Crippen LogP contribution in [0.1, 0.15) is 78.4 Å². The Hall–Kier alpha value is -2.07. The molecular weight excluding hydrogens is 400 g/mol. The van der Waals surface area contributed by atoms with Crippen molar-refractivity contribution >= 4 is 14.3 Å². The molecule has 1 unspecified atom stereocenters. The summed E-state index contributed by atoms with van der Waals surface area (Å²) >= 11 is 0. The maximum Gasteiger partial charge on any atom is 0.313 e. The highest BCUT2D eigenvalue weighted by atomic mass is 28.4. The van der Waals surface area contributed by atoms with Crippen molar-refractivity contribution < 1.29 is 14.0 Å². The molecule has 0 saturated heterocycles. The maximum atomic E-state index is 12.8. The highest BCUT2D eigenvalue weighted by Crippen LogP contribution is 2.42. The molecule has 0 radical (unpaired) electrons. The van der Waals surface area contributed by atoms with Crippen molar-refractivity contribution in [3.05, 3.63) is 65.7 Å². The van der Waals surface area contributed by atoms with Crippen LogP contribution in [0.4, 0.5) is 0 Å². The summed E-state index contributed by atoms with van der Waals surface area (Å²) in [7, 11) is -1.99. The van der Waals surface area contributed by atoms with Crippen LogP contribution in [0, 0.1) is 0 Å². The van der Waals surface area contributed by atoms with E-state index in [0.717, 1.165) is 29.7 Å². The first-order valence-corrected chi connectivity index (χ1v) is 13.9. The summed E-state index contributed by atoms with van der Waals surface area (Å²) in [5, 5.41) is 0. The van der Waals surface area contributed by atoms with E-state index in [1.54, 1.807) is 0 Å². The average molecular weight is 441 g/mol.